The molecule has 55 heavy (non-hydrogen) atoms. The third-order valence-corrected chi connectivity index (χ3v) is 11.2. The summed E-state index contributed by atoms with van der Waals surface area (Å²) in [6, 6.07) is 20.8. The molecule has 280 valence electrons. The first-order chi connectivity index (χ1) is 26.7. The van der Waals surface area contributed by atoms with Crippen LogP contribution in [0.3, 0.4) is 0 Å². The molecule has 12 nitrogen and oxygen atoms in total. The largest absolute Gasteiger partial charge is 0.481 e. The second-order valence-electron chi connectivity index (χ2n) is 14.7. The quantitative estimate of drug-likeness (QED) is 0.147. The number of pyridine rings is 3. The van der Waals surface area contributed by atoms with Crippen LogP contribution in [-0.2, 0) is 17.9 Å². The molecule has 2 saturated heterocycles. The number of aromatic nitrogens is 3. The number of aliphatic hydroxyl groups is 1. The third kappa shape index (κ3) is 7.10. The molecular formula is C43H44N8O4. The van der Waals surface area contributed by atoms with Crippen molar-refractivity contribution in [2.75, 3.05) is 45.1 Å². The van der Waals surface area contributed by atoms with Crippen molar-refractivity contribution in [1.82, 2.24) is 24.3 Å². The number of carboxylic acid groups (broad SMARTS) is 1. The van der Waals surface area contributed by atoms with Gasteiger partial charge in [-0.15, -0.1) is 0 Å². The fourth-order valence-electron chi connectivity index (χ4n) is 8.19. The summed E-state index contributed by atoms with van der Waals surface area (Å²) in [7, 11) is 1.74. The maximum Gasteiger partial charge on any atom is 0.307 e. The molecule has 2 atom stereocenters. The first kappa shape index (κ1) is 36.1. The van der Waals surface area contributed by atoms with Gasteiger partial charge in [-0.3, -0.25) is 19.7 Å². The number of furan rings is 1. The predicted octanol–water partition coefficient (Wildman–Crippen LogP) is 6.25. The molecule has 6 aromatic rings. The Hall–Kier alpha value is -5.87. The van der Waals surface area contributed by atoms with Crippen LogP contribution in [0.1, 0.15) is 35.1 Å². The molecule has 2 aliphatic rings. The highest BCUT2D eigenvalue weighted by Crippen LogP contribution is 2.38. The van der Waals surface area contributed by atoms with Gasteiger partial charge in [0.05, 0.1) is 17.4 Å². The average molecular weight is 737 g/mol. The maximum atomic E-state index is 11.5. The molecule has 0 radical (unpaired) electrons. The van der Waals surface area contributed by atoms with E-state index in [0.29, 0.717) is 60.8 Å². The number of aliphatic hydroxyl groups excluding tert-OH is 1. The topological polar surface area (TPSA) is 156 Å². The summed E-state index contributed by atoms with van der Waals surface area (Å²) in [5.41, 5.74) is 9.57. The molecule has 0 saturated carbocycles. The highest BCUT2D eigenvalue weighted by atomic mass is 16.4. The van der Waals surface area contributed by atoms with Gasteiger partial charge in [0.1, 0.15) is 28.4 Å². The Labute approximate surface area is 319 Å². The molecule has 0 unspecified atom stereocenters. The van der Waals surface area contributed by atoms with Crippen molar-refractivity contribution >= 4 is 39.3 Å². The first-order valence-electron chi connectivity index (χ1n) is 18.8. The van der Waals surface area contributed by atoms with E-state index in [2.05, 4.69) is 63.2 Å². The van der Waals surface area contributed by atoms with Crippen molar-refractivity contribution in [2.45, 2.75) is 45.9 Å². The SMILES string of the molecule is CN=c1c2cc(-c3cccc(-c4cccc(Nc5nccc6cc(CN7CC[C@@H](O)C7)cnc56)c4C)c3C)oc2c(C#N)cn1CCN1CC[C@H](C(=O)O)C1. The number of nitrogens with one attached hydrogen (secondary N) is 1. The summed E-state index contributed by atoms with van der Waals surface area (Å²) in [4.78, 5) is 30.0. The minimum atomic E-state index is -0.751. The smallest absolute Gasteiger partial charge is 0.307 e. The summed E-state index contributed by atoms with van der Waals surface area (Å²) < 4.78 is 8.45. The lowest BCUT2D eigenvalue weighted by atomic mass is 9.92. The standard InChI is InChI=1S/C43H44N8O4/c1-26-33(34-7-5-9-37(27(34)2)48-41-39-29(10-13-46-41)18-28(21-47-39)22-50-15-12-32(52)25-50)6-4-8-35(26)38-19-36-40(55-38)31(20-44)24-51(42(36)45-3)17-16-49-14-11-30(23-49)43(53)54/h4-10,13,18-19,21,24,30,32,52H,11-12,14-17,22-23,25H2,1-3H3,(H,46,48)(H,53,54)/t30-,32+/m0/s1. The molecule has 4 aromatic heterocycles. The minimum Gasteiger partial charge on any atom is -0.481 e. The number of hydrogen-bond acceptors (Lipinski definition) is 10. The number of rotatable bonds is 10. The van der Waals surface area contributed by atoms with E-state index >= 15 is 0 Å². The molecule has 0 spiro atoms. The van der Waals surface area contributed by atoms with E-state index in [1.54, 1.807) is 19.4 Å². The van der Waals surface area contributed by atoms with Gasteiger partial charge in [-0.05, 0) is 85.3 Å². The summed E-state index contributed by atoms with van der Waals surface area (Å²) in [6.07, 6.45) is 6.68. The molecule has 8 rings (SSSR count). The van der Waals surface area contributed by atoms with Gasteiger partial charge in [-0.1, -0.05) is 30.3 Å². The minimum absolute atomic E-state index is 0.255. The second kappa shape index (κ2) is 15.1. The molecular weight excluding hydrogens is 693 g/mol. The van der Waals surface area contributed by atoms with Gasteiger partial charge in [-0.2, -0.15) is 5.26 Å². The molecule has 0 bridgehead atoms. The lowest BCUT2D eigenvalue weighted by Crippen LogP contribution is -2.31. The molecule has 2 fully saturated rings. The van der Waals surface area contributed by atoms with E-state index in [4.69, 9.17) is 9.40 Å². The molecule has 0 aliphatic carbocycles. The van der Waals surface area contributed by atoms with Crippen molar-refractivity contribution in [3.8, 4) is 28.5 Å². The zero-order valence-corrected chi connectivity index (χ0v) is 31.3. The van der Waals surface area contributed by atoms with Crippen molar-refractivity contribution in [2.24, 2.45) is 10.9 Å². The van der Waals surface area contributed by atoms with E-state index in [0.717, 1.165) is 81.4 Å². The number of anilines is 2. The summed E-state index contributed by atoms with van der Waals surface area (Å²) in [5, 5.41) is 34.9. The van der Waals surface area contributed by atoms with Crippen molar-refractivity contribution in [1.29, 1.82) is 5.26 Å². The van der Waals surface area contributed by atoms with Gasteiger partial charge >= 0.3 is 5.97 Å². The Morgan fingerprint density at radius 1 is 1.00 bits per heavy atom. The average Bonchev–Trinajstić information content (AvgIpc) is 3.95. The van der Waals surface area contributed by atoms with Crippen LogP contribution in [-0.4, -0.2) is 86.4 Å². The number of benzene rings is 2. The molecule has 2 aliphatic heterocycles. The van der Waals surface area contributed by atoms with Gasteiger partial charge in [0.15, 0.2) is 11.4 Å². The Morgan fingerprint density at radius 3 is 2.53 bits per heavy atom. The van der Waals surface area contributed by atoms with Crippen LogP contribution < -0.4 is 10.8 Å². The van der Waals surface area contributed by atoms with E-state index in [1.165, 1.54) is 0 Å². The van der Waals surface area contributed by atoms with Gasteiger partial charge < -0.3 is 29.4 Å². The van der Waals surface area contributed by atoms with Crippen LogP contribution in [0.2, 0.25) is 0 Å². The van der Waals surface area contributed by atoms with Crippen LogP contribution in [0.25, 0.3) is 44.3 Å². The van der Waals surface area contributed by atoms with Gasteiger partial charge in [0.25, 0.3) is 0 Å². The molecule has 0 amide bonds. The normalized spacial score (nSPS) is 18.1. The highest BCUT2D eigenvalue weighted by molar-refractivity contribution is 5.92. The molecule has 12 heteroatoms. The van der Waals surface area contributed by atoms with Crippen LogP contribution in [0.5, 0.6) is 0 Å². The second-order valence-corrected chi connectivity index (χ2v) is 14.7. The van der Waals surface area contributed by atoms with Crippen molar-refractivity contribution in [3.63, 3.8) is 0 Å². The van der Waals surface area contributed by atoms with Crippen LogP contribution in [0.15, 0.2) is 82.6 Å². The number of nitriles is 1. The van der Waals surface area contributed by atoms with Crippen LogP contribution in [0.4, 0.5) is 11.5 Å². The Bertz CT molecular complexity index is 2550. The number of β-amino-alcohol motifs (C(OH)–C–C–N with tert-alkyl or cyclic N) is 1. The van der Waals surface area contributed by atoms with Crippen LogP contribution >= 0.6 is 0 Å². The Balaban J connectivity index is 1.08. The lowest BCUT2D eigenvalue weighted by Gasteiger charge is -2.17. The highest BCUT2D eigenvalue weighted by Gasteiger charge is 2.28. The number of hydrogen-bond donors (Lipinski definition) is 3. The number of likely N-dealkylation sites (tertiary alicyclic amines) is 2. The van der Waals surface area contributed by atoms with Crippen LogP contribution in [0, 0.1) is 31.1 Å². The zero-order valence-electron chi connectivity index (χ0n) is 31.3. The fourth-order valence-corrected chi connectivity index (χ4v) is 8.19. The Kier molecular flexibility index (Phi) is 9.92. The Morgan fingerprint density at radius 2 is 1.78 bits per heavy atom. The van der Waals surface area contributed by atoms with Gasteiger partial charge in [0, 0.05) is 81.5 Å². The molecule has 6 heterocycles. The summed E-state index contributed by atoms with van der Waals surface area (Å²) in [6.45, 7) is 9.00. The first-order valence-corrected chi connectivity index (χ1v) is 18.8. The monoisotopic (exact) mass is 736 g/mol. The van der Waals surface area contributed by atoms with Crippen molar-refractivity contribution in [3.05, 3.63) is 101 Å². The molecule has 2 aromatic carbocycles. The lowest BCUT2D eigenvalue weighted by molar-refractivity contribution is -0.141. The van der Waals surface area contributed by atoms with E-state index in [1.807, 2.05) is 47.2 Å². The van der Waals surface area contributed by atoms with Gasteiger partial charge in [0.2, 0.25) is 0 Å². The van der Waals surface area contributed by atoms with E-state index in [-0.39, 0.29) is 12.0 Å². The fraction of sp³-hybridized carbons (Fsp3) is 0.326. The molecule has 3 N–H and O–H groups in total. The number of nitrogens with zero attached hydrogens (tertiary/aromatic N) is 7. The maximum absolute atomic E-state index is 11.5. The summed E-state index contributed by atoms with van der Waals surface area (Å²) >= 11 is 0. The summed E-state index contributed by atoms with van der Waals surface area (Å²) in [5.74, 6) is 0.237. The third-order valence-electron chi connectivity index (χ3n) is 11.2. The predicted molar refractivity (Wildman–Crippen MR) is 212 cm³/mol. The van der Waals surface area contributed by atoms with E-state index < -0.39 is 5.97 Å². The number of aliphatic carboxylic acids is 1. The number of carboxylic acids is 1. The van der Waals surface area contributed by atoms with E-state index in [9.17, 15) is 20.3 Å². The van der Waals surface area contributed by atoms with Gasteiger partial charge in [-0.25, -0.2) is 4.98 Å². The number of fused-ring (bicyclic) bond motifs is 2. The number of carbonyl (C=O) groups is 1. The zero-order chi connectivity index (χ0) is 38.2. The van der Waals surface area contributed by atoms with Crippen molar-refractivity contribution < 1.29 is 19.4 Å².